The van der Waals surface area contributed by atoms with E-state index in [1.807, 2.05) is 12.1 Å². The van der Waals surface area contributed by atoms with Gasteiger partial charge in [-0.1, -0.05) is 36.4 Å². The average Bonchev–Trinajstić information content (AvgIpc) is 3.02. The Hall–Kier alpha value is -4.13. The molecule has 4 rings (SSSR count). The fourth-order valence-electron chi connectivity index (χ4n) is 2.74. The molecule has 0 saturated heterocycles. The first-order valence-corrected chi connectivity index (χ1v) is 8.35. The Morgan fingerprint density at radius 1 is 0.786 bits per heavy atom. The third-order valence-corrected chi connectivity index (χ3v) is 3.87. The van der Waals surface area contributed by atoms with Crippen LogP contribution in [-0.4, -0.2) is 31.8 Å². The Balaban J connectivity index is 0.000000242. The highest BCUT2D eigenvalue weighted by molar-refractivity contribution is 6.08. The van der Waals surface area contributed by atoms with Gasteiger partial charge in [-0.25, -0.2) is 9.59 Å². The molecule has 0 saturated carbocycles. The molecular weight excluding hydrogens is 358 g/mol. The molecule has 4 aromatic rings. The topological polar surface area (TPSA) is 104 Å². The maximum atomic E-state index is 9.55. The summed E-state index contributed by atoms with van der Waals surface area (Å²) < 4.78 is 2.12. The number of fused-ring (bicyclic) bond motifs is 3. The van der Waals surface area contributed by atoms with Crippen molar-refractivity contribution in [2.24, 2.45) is 0 Å². The molecule has 7 heteroatoms. The molecule has 0 radical (unpaired) electrons. The van der Waals surface area contributed by atoms with Gasteiger partial charge in [0, 0.05) is 35.3 Å². The lowest BCUT2D eigenvalue weighted by Crippen LogP contribution is -2.08. The predicted octanol–water partition coefficient (Wildman–Crippen LogP) is 3.78. The quantitative estimate of drug-likeness (QED) is 0.469. The first-order chi connectivity index (χ1) is 13.6. The molecule has 0 spiro atoms. The number of carboxylic acid groups (broad SMARTS) is 2. The van der Waals surface area contributed by atoms with Crippen LogP contribution in [0.25, 0.3) is 21.8 Å². The fraction of sp³-hybridized carbons (Fsp3) is 0. The lowest BCUT2D eigenvalue weighted by molar-refractivity contribution is -0.134. The van der Waals surface area contributed by atoms with E-state index < -0.39 is 11.9 Å². The molecule has 0 aliphatic heterocycles. The third-order valence-electron chi connectivity index (χ3n) is 3.87. The van der Waals surface area contributed by atoms with E-state index in [9.17, 15) is 9.59 Å². The predicted molar refractivity (Wildman–Crippen MR) is 107 cm³/mol. The van der Waals surface area contributed by atoms with Gasteiger partial charge in [-0.05, 0) is 24.3 Å². The maximum Gasteiger partial charge on any atom is 0.328 e. The molecule has 0 atom stereocenters. The summed E-state index contributed by atoms with van der Waals surface area (Å²) in [6, 6.07) is 20.8. The summed E-state index contributed by atoms with van der Waals surface area (Å²) in [5.74, 6) is -2.51. The van der Waals surface area contributed by atoms with Crippen molar-refractivity contribution in [3.63, 3.8) is 0 Å². The molecular formula is C21H17N3O4. The van der Waals surface area contributed by atoms with Crippen LogP contribution < -0.4 is 5.43 Å². The normalized spacial score (nSPS) is 10.6. The first-order valence-electron chi connectivity index (χ1n) is 8.35. The monoisotopic (exact) mass is 375 g/mol. The van der Waals surface area contributed by atoms with Crippen molar-refractivity contribution in [2.75, 3.05) is 5.43 Å². The Bertz CT molecular complexity index is 1080. The molecule has 0 unspecified atom stereocenters. The highest BCUT2D eigenvalue weighted by Gasteiger charge is 2.09. The van der Waals surface area contributed by atoms with Gasteiger partial charge in [-0.15, -0.1) is 0 Å². The Morgan fingerprint density at radius 2 is 1.25 bits per heavy atom. The Kier molecular flexibility index (Phi) is 5.66. The van der Waals surface area contributed by atoms with Crippen molar-refractivity contribution in [2.45, 2.75) is 0 Å². The van der Waals surface area contributed by atoms with Crippen molar-refractivity contribution < 1.29 is 19.8 Å². The van der Waals surface area contributed by atoms with Gasteiger partial charge in [-0.2, -0.15) is 0 Å². The summed E-state index contributed by atoms with van der Waals surface area (Å²) in [7, 11) is 0. The Labute approximate surface area is 160 Å². The van der Waals surface area contributed by atoms with E-state index in [0.29, 0.717) is 12.2 Å². The van der Waals surface area contributed by atoms with Crippen LogP contribution in [0, 0.1) is 0 Å². The van der Waals surface area contributed by atoms with Crippen LogP contribution >= 0.6 is 0 Å². The molecule has 0 aliphatic carbocycles. The number of para-hydroxylation sites is 2. The molecule has 7 nitrogen and oxygen atoms in total. The summed E-state index contributed by atoms with van der Waals surface area (Å²) in [5.41, 5.74) is 6.81. The SMILES string of the molecule is O=C(O)/C=C\C(=O)O.c1ccc2c(c1)c1ccccc1n2Nc1ccncc1. The number of hydrogen-bond acceptors (Lipinski definition) is 4. The first kappa shape index (κ1) is 18.7. The minimum absolute atomic E-state index is 0.558. The fourth-order valence-corrected chi connectivity index (χ4v) is 2.74. The minimum atomic E-state index is -1.26. The van der Waals surface area contributed by atoms with Gasteiger partial charge < -0.3 is 10.2 Å². The number of nitrogens with one attached hydrogen (secondary N) is 1. The van der Waals surface area contributed by atoms with Crippen LogP contribution in [0.3, 0.4) is 0 Å². The van der Waals surface area contributed by atoms with Crippen molar-refractivity contribution in [1.82, 2.24) is 9.66 Å². The number of rotatable bonds is 4. The van der Waals surface area contributed by atoms with E-state index in [4.69, 9.17) is 10.2 Å². The van der Waals surface area contributed by atoms with Gasteiger partial charge in [0.25, 0.3) is 0 Å². The minimum Gasteiger partial charge on any atom is -0.478 e. The van der Waals surface area contributed by atoms with E-state index >= 15 is 0 Å². The van der Waals surface area contributed by atoms with Crippen LogP contribution in [0.2, 0.25) is 0 Å². The molecule has 28 heavy (non-hydrogen) atoms. The van der Waals surface area contributed by atoms with E-state index in [1.165, 1.54) is 21.8 Å². The van der Waals surface area contributed by atoms with Crippen molar-refractivity contribution in [3.8, 4) is 0 Å². The number of pyridine rings is 1. The zero-order valence-corrected chi connectivity index (χ0v) is 14.7. The number of benzene rings is 2. The molecule has 3 N–H and O–H groups in total. The number of carbonyl (C=O) groups is 2. The maximum absolute atomic E-state index is 9.55. The Morgan fingerprint density at radius 3 is 1.71 bits per heavy atom. The average molecular weight is 375 g/mol. The zero-order chi connectivity index (χ0) is 19.9. The summed E-state index contributed by atoms with van der Waals surface area (Å²) in [5, 5.41) is 18.1. The summed E-state index contributed by atoms with van der Waals surface area (Å²) in [4.78, 5) is 23.2. The standard InChI is InChI=1S/C17H13N3.C4H4O4/c1-3-7-16-14(5-1)15-6-2-4-8-17(15)20(16)19-13-9-11-18-12-10-13;5-3(6)1-2-4(7)8/h1-12H,(H,18,19);1-2H,(H,5,6)(H,7,8)/b;2-1-. The van der Waals surface area contributed by atoms with E-state index in [1.54, 1.807) is 12.4 Å². The van der Waals surface area contributed by atoms with Gasteiger partial charge >= 0.3 is 11.9 Å². The third kappa shape index (κ3) is 4.34. The van der Waals surface area contributed by atoms with E-state index in [2.05, 4.69) is 63.6 Å². The number of nitrogens with zero attached hydrogens (tertiary/aromatic N) is 2. The summed E-state index contributed by atoms with van der Waals surface area (Å²) in [6.07, 6.45) is 4.69. The zero-order valence-electron chi connectivity index (χ0n) is 14.7. The molecule has 0 amide bonds. The van der Waals surface area contributed by atoms with Gasteiger partial charge in [0.2, 0.25) is 0 Å². The lowest BCUT2D eigenvalue weighted by Gasteiger charge is -2.10. The van der Waals surface area contributed by atoms with Gasteiger partial charge in [0.15, 0.2) is 0 Å². The molecule has 2 aromatic heterocycles. The van der Waals surface area contributed by atoms with E-state index in [0.717, 1.165) is 5.69 Å². The smallest absolute Gasteiger partial charge is 0.328 e. The highest BCUT2D eigenvalue weighted by atomic mass is 16.4. The summed E-state index contributed by atoms with van der Waals surface area (Å²) in [6.45, 7) is 0. The molecule has 0 bridgehead atoms. The second kappa shape index (κ2) is 8.50. The molecule has 0 fully saturated rings. The second-order valence-electron chi connectivity index (χ2n) is 5.73. The molecule has 140 valence electrons. The molecule has 0 aliphatic rings. The van der Waals surface area contributed by atoms with Crippen LogP contribution in [-0.2, 0) is 9.59 Å². The van der Waals surface area contributed by atoms with E-state index in [-0.39, 0.29) is 0 Å². The van der Waals surface area contributed by atoms with Crippen molar-refractivity contribution in [1.29, 1.82) is 0 Å². The van der Waals surface area contributed by atoms with Crippen molar-refractivity contribution in [3.05, 3.63) is 85.2 Å². The van der Waals surface area contributed by atoms with Crippen LogP contribution in [0.5, 0.6) is 0 Å². The highest BCUT2D eigenvalue weighted by Crippen LogP contribution is 2.28. The number of hydrogen-bond donors (Lipinski definition) is 3. The van der Waals surface area contributed by atoms with Gasteiger partial charge in [-0.3, -0.25) is 15.1 Å². The van der Waals surface area contributed by atoms with Crippen LogP contribution in [0.4, 0.5) is 5.69 Å². The largest absolute Gasteiger partial charge is 0.478 e. The van der Waals surface area contributed by atoms with Crippen LogP contribution in [0.1, 0.15) is 0 Å². The number of aliphatic carboxylic acids is 2. The summed E-state index contributed by atoms with van der Waals surface area (Å²) >= 11 is 0. The van der Waals surface area contributed by atoms with Crippen LogP contribution in [0.15, 0.2) is 85.2 Å². The number of carboxylic acids is 2. The van der Waals surface area contributed by atoms with Crippen molar-refractivity contribution >= 4 is 39.4 Å². The molecule has 2 aromatic carbocycles. The second-order valence-corrected chi connectivity index (χ2v) is 5.73. The van der Waals surface area contributed by atoms with Gasteiger partial charge in [0.05, 0.1) is 16.7 Å². The van der Waals surface area contributed by atoms with Gasteiger partial charge in [0.1, 0.15) is 0 Å². The lowest BCUT2D eigenvalue weighted by atomic mass is 10.2. The number of aromatic nitrogens is 2. The number of anilines is 1. The molecule has 2 heterocycles.